The van der Waals surface area contributed by atoms with Gasteiger partial charge in [-0.2, -0.15) is 18.4 Å². The van der Waals surface area contributed by atoms with Crippen molar-refractivity contribution in [1.82, 2.24) is 0 Å². The number of nitriles is 1. The molecule has 0 aliphatic carbocycles. The first kappa shape index (κ1) is 16.3. The van der Waals surface area contributed by atoms with Gasteiger partial charge in [-0.15, -0.1) is 0 Å². The summed E-state index contributed by atoms with van der Waals surface area (Å²) in [5, 5.41) is 8.66. The fourth-order valence-electron chi connectivity index (χ4n) is 1.48. The Morgan fingerprint density at radius 1 is 1.25 bits per heavy atom. The minimum absolute atomic E-state index is 0.0736. The number of rotatable bonds is 6. The van der Waals surface area contributed by atoms with Crippen molar-refractivity contribution in [1.29, 1.82) is 5.26 Å². The predicted molar refractivity (Wildman–Crippen MR) is 67.3 cm³/mol. The Balaban J connectivity index is 2.62. The first-order valence-corrected chi connectivity index (χ1v) is 6.16. The molecule has 0 radical (unpaired) electrons. The highest BCUT2D eigenvalue weighted by atomic mass is 19.4. The Kier molecular flexibility index (Phi) is 5.83. The summed E-state index contributed by atoms with van der Waals surface area (Å²) in [5.74, 6) is 0.464. The van der Waals surface area contributed by atoms with Gasteiger partial charge in [-0.05, 0) is 24.1 Å². The molecule has 110 valence electrons. The molecule has 1 aromatic carbocycles. The third kappa shape index (κ3) is 5.10. The topological polar surface area (TPSA) is 42.2 Å². The third-order valence-electron chi connectivity index (χ3n) is 2.36. The van der Waals surface area contributed by atoms with Crippen LogP contribution < -0.4 is 4.74 Å². The lowest BCUT2D eigenvalue weighted by molar-refractivity contribution is -0.137. The molecule has 0 aromatic heterocycles. The Morgan fingerprint density at radius 3 is 2.50 bits per heavy atom. The highest BCUT2D eigenvalue weighted by molar-refractivity contribution is 5.44. The van der Waals surface area contributed by atoms with E-state index in [9.17, 15) is 13.2 Å². The van der Waals surface area contributed by atoms with Crippen molar-refractivity contribution in [3.63, 3.8) is 0 Å². The molecule has 0 atom stereocenters. The van der Waals surface area contributed by atoms with Gasteiger partial charge in [0.05, 0.1) is 23.8 Å². The smallest absolute Gasteiger partial charge is 0.417 e. The van der Waals surface area contributed by atoms with E-state index < -0.39 is 17.3 Å². The van der Waals surface area contributed by atoms with E-state index in [1.165, 1.54) is 12.1 Å². The van der Waals surface area contributed by atoms with Crippen LogP contribution in [0.2, 0.25) is 0 Å². The van der Waals surface area contributed by atoms with Gasteiger partial charge in [0.1, 0.15) is 12.4 Å². The van der Waals surface area contributed by atoms with Gasteiger partial charge in [-0.1, -0.05) is 13.8 Å². The predicted octanol–water partition coefficient (Wildman–Crippen LogP) is 3.63. The summed E-state index contributed by atoms with van der Waals surface area (Å²) in [5.41, 5.74) is -1.40. The van der Waals surface area contributed by atoms with Crippen LogP contribution in [0.4, 0.5) is 13.2 Å². The van der Waals surface area contributed by atoms with Crippen molar-refractivity contribution in [2.24, 2.45) is 5.92 Å². The maximum absolute atomic E-state index is 12.7. The van der Waals surface area contributed by atoms with Crippen LogP contribution in [0.1, 0.15) is 25.0 Å². The number of halogens is 3. The summed E-state index contributed by atoms with van der Waals surface area (Å²) in [6, 6.07) is 4.80. The fourth-order valence-corrected chi connectivity index (χ4v) is 1.48. The number of hydrogen-bond donors (Lipinski definition) is 0. The van der Waals surface area contributed by atoms with Crippen molar-refractivity contribution < 1.29 is 22.6 Å². The van der Waals surface area contributed by atoms with E-state index >= 15 is 0 Å². The zero-order valence-electron chi connectivity index (χ0n) is 11.3. The largest absolute Gasteiger partial charge is 0.491 e. The van der Waals surface area contributed by atoms with E-state index in [1.54, 1.807) is 0 Å². The van der Waals surface area contributed by atoms with E-state index in [4.69, 9.17) is 14.7 Å². The number of hydrogen-bond acceptors (Lipinski definition) is 3. The van der Waals surface area contributed by atoms with Gasteiger partial charge in [0.2, 0.25) is 0 Å². The standard InChI is InChI=1S/C14H16F3NO2/c1-10(2)9-19-5-6-20-12-4-3-11(8-18)13(7-12)14(15,16)17/h3-4,7,10H,5-6,9H2,1-2H3. The van der Waals surface area contributed by atoms with Gasteiger partial charge >= 0.3 is 6.18 Å². The molecule has 0 N–H and O–H groups in total. The van der Waals surface area contributed by atoms with Crippen LogP contribution in [0.3, 0.4) is 0 Å². The summed E-state index contributed by atoms with van der Waals surface area (Å²) < 4.78 is 48.6. The zero-order valence-corrected chi connectivity index (χ0v) is 11.3. The van der Waals surface area contributed by atoms with Crippen LogP contribution in [0.15, 0.2) is 18.2 Å². The van der Waals surface area contributed by atoms with Crippen molar-refractivity contribution in [3.05, 3.63) is 29.3 Å². The highest BCUT2D eigenvalue weighted by Gasteiger charge is 2.34. The van der Waals surface area contributed by atoms with Gasteiger partial charge in [0, 0.05) is 6.61 Å². The molecule has 3 nitrogen and oxygen atoms in total. The molecule has 0 amide bonds. The molecule has 1 aromatic rings. The first-order valence-electron chi connectivity index (χ1n) is 6.16. The monoisotopic (exact) mass is 287 g/mol. The minimum atomic E-state index is -4.57. The second-order valence-electron chi connectivity index (χ2n) is 4.63. The molecular formula is C14H16F3NO2. The van der Waals surface area contributed by atoms with Gasteiger partial charge in [-0.25, -0.2) is 0 Å². The molecule has 0 heterocycles. The average molecular weight is 287 g/mol. The lowest BCUT2D eigenvalue weighted by Crippen LogP contribution is -2.11. The van der Waals surface area contributed by atoms with E-state index in [2.05, 4.69) is 0 Å². The molecule has 0 aliphatic rings. The molecule has 6 heteroatoms. The lowest BCUT2D eigenvalue weighted by Gasteiger charge is -2.12. The van der Waals surface area contributed by atoms with Gasteiger partial charge in [0.25, 0.3) is 0 Å². The Hall–Kier alpha value is -1.74. The summed E-state index contributed by atoms with van der Waals surface area (Å²) in [4.78, 5) is 0. The molecule has 0 unspecified atom stereocenters. The zero-order chi connectivity index (χ0) is 15.2. The lowest BCUT2D eigenvalue weighted by atomic mass is 10.1. The van der Waals surface area contributed by atoms with Crippen LogP contribution >= 0.6 is 0 Å². The van der Waals surface area contributed by atoms with Gasteiger partial charge in [-0.3, -0.25) is 0 Å². The molecule has 0 spiro atoms. The van der Waals surface area contributed by atoms with Crippen LogP contribution in [0, 0.1) is 17.2 Å². The van der Waals surface area contributed by atoms with Gasteiger partial charge in [0.15, 0.2) is 0 Å². The second kappa shape index (κ2) is 7.15. The number of alkyl halides is 3. The normalized spacial score (nSPS) is 11.4. The van der Waals surface area contributed by atoms with E-state index in [1.807, 2.05) is 13.8 Å². The first-order chi connectivity index (χ1) is 9.34. The summed E-state index contributed by atoms with van der Waals surface area (Å²) in [6.07, 6.45) is -4.57. The van der Waals surface area contributed by atoms with Crippen molar-refractivity contribution in [2.75, 3.05) is 19.8 Å². The number of benzene rings is 1. The number of ether oxygens (including phenoxy) is 2. The summed E-state index contributed by atoms with van der Waals surface area (Å²) >= 11 is 0. The quantitative estimate of drug-likeness (QED) is 0.750. The number of nitrogens with zero attached hydrogens (tertiary/aromatic N) is 1. The van der Waals surface area contributed by atoms with Crippen molar-refractivity contribution in [2.45, 2.75) is 20.0 Å². The Bertz CT molecular complexity index is 478. The summed E-state index contributed by atoms with van der Waals surface area (Å²) in [6.45, 7) is 5.04. The van der Waals surface area contributed by atoms with E-state index in [0.29, 0.717) is 19.1 Å². The molecule has 0 aliphatic heterocycles. The molecule has 0 bridgehead atoms. The summed E-state index contributed by atoms with van der Waals surface area (Å²) in [7, 11) is 0. The molecule has 1 rings (SSSR count). The molecular weight excluding hydrogens is 271 g/mol. The molecule has 0 saturated carbocycles. The third-order valence-corrected chi connectivity index (χ3v) is 2.36. The molecule has 20 heavy (non-hydrogen) atoms. The minimum Gasteiger partial charge on any atom is -0.491 e. The van der Waals surface area contributed by atoms with Crippen LogP contribution in [-0.4, -0.2) is 19.8 Å². The van der Waals surface area contributed by atoms with Crippen molar-refractivity contribution >= 4 is 0 Å². The second-order valence-corrected chi connectivity index (χ2v) is 4.63. The maximum atomic E-state index is 12.7. The highest BCUT2D eigenvalue weighted by Crippen LogP contribution is 2.34. The van der Waals surface area contributed by atoms with Gasteiger partial charge < -0.3 is 9.47 Å². The average Bonchev–Trinajstić information content (AvgIpc) is 2.36. The Labute approximate surface area is 115 Å². The van der Waals surface area contributed by atoms with Crippen LogP contribution in [0.5, 0.6) is 5.75 Å². The maximum Gasteiger partial charge on any atom is 0.417 e. The van der Waals surface area contributed by atoms with Crippen LogP contribution in [-0.2, 0) is 10.9 Å². The SMILES string of the molecule is CC(C)COCCOc1ccc(C#N)c(C(F)(F)F)c1. The van der Waals surface area contributed by atoms with E-state index in [-0.39, 0.29) is 12.4 Å². The molecule has 0 saturated heterocycles. The van der Waals surface area contributed by atoms with E-state index in [0.717, 1.165) is 12.1 Å². The van der Waals surface area contributed by atoms with Crippen LogP contribution in [0.25, 0.3) is 0 Å². The molecule has 0 fully saturated rings. The fraction of sp³-hybridized carbons (Fsp3) is 0.500. The van der Waals surface area contributed by atoms with Crippen molar-refractivity contribution in [3.8, 4) is 11.8 Å². The Morgan fingerprint density at radius 2 is 1.95 bits per heavy atom.